The third-order valence-electron chi connectivity index (χ3n) is 5.79. The molecule has 2 nitrogen and oxygen atoms in total. The Bertz CT molecular complexity index is 782. The summed E-state index contributed by atoms with van der Waals surface area (Å²) in [5, 5.41) is 12.2. The van der Waals surface area contributed by atoms with Gasteiger partial charge in [-0.2, -0.15) is 0 Å². The number of hydrogen-bond acceptors (Lipinski definition) is 2. The van der Waals surface area contributed by atoms with Gasteiger partial charge >= 0.3 is 0 Å². The minimum atomic E-state index is -0.0645. The Balaban J connectivity index is 2.50. The fraction of sp³-hybridized carbons (Fsp3) is 0.500. The smallest absolute Gasteiger partial charge is 0.122 e. The number of aromatic hydroxyl groups is 1. The van der Waals surface area contributed by atoms with Gasteiger partial charge in [0, 0.05) is 17.3 Å². The van der Waals surface area contributed by atoms with Crippen LogP contribution in [0.2, 0.25) is 0 Å². The van der Waals surface area contributed by atoms with Crippen molar-refractivity contribution in [3.63, 3.8) is 0 Å². The zero-order valence-corrected chi connectivity index (χ0v) is 19.1. The van der Waals surface area contributed by atoms with Gasteiger partial charge in [0.05, 0.1) is 0 Å². The molecule has 0 saturated heterocycles. The second-order valence-corrected chi connectivity index (χ2v) is 9.71. The van der Waals surface area contributed by atoms with Crippen molar-refractivity contribution in [3.05, 3.63) is 58.1 Å². The van der Waals surface area contributed by atoms with Crippen molar-refractivity contribution in [2.24, 2.45) is 0 Å². The molecule has 2 aromatic rings. The van der Waals surface area contributed by atoms with Crippen molar-refractivity contribution in [2.75, 3.05) is 13.1 Å². The molecule has 0 aliphatic heterocycles. The molecule has 0 bridgehead atoms. The zero-order valence-electron chi connectivity index (χ0n) is 18.1. The standard InChI is InChI=1S/C24H36NOP/c1-8-24(7,21-15-17(4)14-19(6)22(21)26)27-23-18(5)12-11-13-20(23)16-25(9-2)10-3/h11-15,26-27H,8-10,16H2,1-7H3. The maximum Gasteiger partial charge on any atom is 0.122 e. The van der Waals surface area contributed by atoms with Crippen LogP contribution in [-0.2, 0) is 11.7 Å². The molecule has 0 radical (unpaired) electrons. The molecular weight excluding hydrogens is 349 g/mol. The molecule has 148 valence electrons. The normalized spacial score (nSPS) is 14.2. The van der Waals surface area contributed by atoms with Crippen LogP contribution in [-0.4, -0.2) is 23.1 Å². The number of aryl methyl sites for hydroxylation is 3. The van der Waals surface area contributed by atoms with Gasteiger partial charge in [0.25, 0.3) is 0 Å². The van der Waals surface area contributed by atoms with Crippen LogP contribution in [0.25, 0.3) is 0 Å². The summed E-state index contributed by atoms with van der Waals surface area (Å²) in [6, 6.07) is 10.9. The van der Waals surface area contributed by atoms with Crippen LogP contribution < -0.4 is 5.30 Å². The van der Waals surface area contributed by atoms with Gasteiger partial charge in [-0.3, -0.25) is 4.90 Å². The first kappa shape index (κ1) is 21.9. The Kier molecular flexibility index (Phi) is 7.48. The van der Waals surface area contributed by atoms with E-state index in [-0.39, 0.29) is 5.16 Å². The molecule has 2 rings (SSSR count). The SMILES string of the molecule is CCN(CC)Cc1cccc(C)c1PC(C)(CC)c1cc(C)cc(C)c1O. The van der Waals surface area contributed by atoms with E-state index in [0.29, 0.717) is 14.3 Å². The van der Waals surface area contributed by atoms with Crippen molar-refractivity contribution in [2.45, 2.75) is 66.6 Å². The molecule has 0 aliphatic carbocycles. The summed E-state index contributed by atoms with van der Waals surface area (Å²) in [4.78, 5) is 2.47. The van der Waals surface area contributed by atoms with E-state index in [1.807, 2.05) is 6.92 Å². The number of rotatable bonds is 8. The lowest BCUT2D eigenvalue weighted by Gasteiger charge is -2.33. The van der Waals surface area contributed by atoms with E-state index in [2.05, 4.69) is 76.8 Å². The molecule has 0 spiro atoms. The van der Waals surface area contributed by atoms with E-state index in [1.165, 1.54) is 22.0 Å². The number of benzene rings is 2. The predicted octanol–water partition coefficient (Wildman–Crippen LogP) is 5.79. The van der Waals surface area contributed by atoms with Crippen LogP contribution in [0, 0.1) is 20.8 Å². The number of phenolic OH excluding ortho intramolecular Hbond substituents is 1. The van der Waals surface area contributed by atoms with E-state index in [9.17, 15) is 5.11 Å². The van der Waals surface area contributed by atoms with Crippen LogP contribution in [0.15, 0.2) is 30.3 Å². The summed E-state index contributed by atoms with van der Waals surface area (Å²) in [6.45, 7) is 18.5. The first-order chi connectivity index (χ1) is 12.8. The quantitative estimate of drug-likeness (QED) is 0.582. The molecule has 0 aliphatic rings. The second-order valence-electron chi connectivity index (χ2n) is 7.86. The van der Waals surface area contributed by atoms with E-state index in [1.54, 1.807) is 0 Å². The molecule has 3 heteroatoms. The largest absolute Gasteiger partial charge is 0.507 e. The lowest BCUT2D eigenvalue weighted by molar-refractivity contribution is 0.296. The third kappa shape index (κ3) is 4.92. The van der Waals surface area contributed by atoms with E-state index in [0.717, 1.165) is 37.2 Å². The summed E-state index contributed by atoms with van der Waals surface area (Å²) >= 11 is 0. The van der Waals surface area contributed by atoms with Crippen molar-refractivity contribution < 1.29 is 5.11 Å². The Morgan fingerprint density at radius 3 is 2.26 bits per heavy atom. The van der Waals surface area contributed by atoms with Crippen LogP contribution >= 0.6 is 8.58 Å². The maximum atomic E-state index is 10.8. The molecule has 0 heterocycles. The molecule has 0 fully saturated rings. The van der Waals surface area contributed by atoms with Crippen molar-refractivity contribution in [1.82, 2.24) is 4.90 Å². The summed E-state index contributed by atoms with van der Waals surface area (Å²) in [5.74, 6) is 0.469. The molecule has 2 atom stereocenters. The third-order valence-corrected chi connectivity index (χ3v) is 7.93. The van der Waals surface area contributed by atoms with Gasteiger partial charge in [0.2, 0.25) is 0 Å². The molecule has 2 aromatic carbocycles. The highest BCUT2D eigenvalue weighted by Gasteiger charge is 2.30. The van der Waals surface area contributed by atoms with Crippen molar-refractivity contribution in [1.29, 1.82) is 0 Å². The monoisotopic (exact) mass is 385 g/mol. The number of hydrogen-bond donors (Lipinski definition) is 1. The summed E-state index contributed by atoms with van der Waals surface area (Å²) in [5.41, 5.74) is 6.08. The lowest BCUT2D eigenvalue weighted by atomic mass is 9.93. The van der Waals surface area contributed by atoms with Gasteiger partial charge in [-0.1, -0.05) is 72.2 Å². The van der Waals surface area contributed by atoms with Gasteiger partial charge in [-0.05, 0) is 62.3 Å². The molecule has 0 aromatic heterocycles. The van der Waals surface area contributed by atoms with Gasteiger partial charge in [-0.15, -0.1) is 0 Å². The van der Waals surface area contributed by atoms with E-state index in [4.69, 9.17) is 0 Å². The van der Waals surface area contributed by atoms with Gasteiger partial charge in [0.15, 0.2) is 0 Å². The minimum absolute atomic E-state index is 0.0645. The van der Waals surface area contributed by atoms with Gasteiger partial charge in [-0.25, -0.2) is 0 Å². The highest BCUT2D eigenvalue weighted by Crippen LogP contribution is 2.48. The first-order valence-corrected chi connectivity index (χ1v) is 11.1. The van der Waals surface area contributed by atoms with Crippen LogP contribution in [0.3, 0.4) is 0 Å². The van der Waals surface area contributed by atoms with Crippen LogP contribution in [0.1, 0.15) is 61.9 Å². The molecular formula is C24H36NOP. The van der Waals surface area contributed by atoms with Crippen molar-refractivity contribution >= 4 is 13.9 Å². The number of nitrogens with zero attached hydrogens (tertiary/aromatic N) is 1. The lowest BCUT2D eigenvalue weighted by Crippen LogP contribution is -2.27. The minimum Gasteiger partial charge on any atom is -0.507 e. The average molecular weight is 386 g/mol. The molecule has 1 N–H and O–H groups in total. The Labute approximate surface area is 167 Å². The summed E-state index contributed by atoms with van der Waals surface area (Å²) in [7, 11) is 0.628. The zero-order chi connectivity index (χ0) is 20.2. The van der Waals surface area contributed by atoms with Crippen LogP contribution in [0.4, 0.5) is 0 Å². The number of phenols is 1. The highest BCUT2D eigenvalue weighted by atomic mass is 31.1. The van der Waals surface area contributed by atoms with Gasteiger partial charge < -0.3 is 5.11 Å². The first-order valence-electron chi connectivity index (χ1n) is 10.1. The Hall–Kier alpha value is -1.37. The van der Waals surface area contributed by atoms with E-state index >= 15 is 0 Å². The van der Waals surface area contributed by atoms with Crippen LogP contribution in [0.5, 0.6) is 5.75 Å². The fourth-order valence-electron chi connectivity index (χ4n) is 3.73. The topological polar surface area (TPSA) is 23.5 Å². The average Bonchev–Trinajstić information content (AvgIpc) is 2.64. The molecule has 27 heavy (non-hydrogen) atoms. The Morgan fingerprint density at radius 1 is 1.00 bits per heavy atom. The Morgan fingerprint density at radius 2 is 1.67 bits per heavy atom. The predicted molar refractivity (Wildman–Crippen MR) is 121 cm³/mol. The van der Waals surface area contributed by atoms with Gasteiger partial charge in [0.1, 0.15) is 5.75 Å². The van der Waals surface area contributed by atoms with E-state index < -0.39 is 0 Å². The second kappa shape index (κ2) is 9.22. The highest BCUT2D eigenvalue weighted by molar-refractivity contribution is 7.48. The summed E-state index contributed by atoms with van der Waals surface area (Å²) < 4.78 is 0. The molecule has 0 amide bonds. The molecule has 2 unspecified atom stereocenters. The summed E-state index contributed by atoms with van der Waals surface area (Å²) in [6.07, 6.45) is 1.00. The maximum absolute atomic E-state index is 10.8. The van der Waals surface area contributed by atoms with Crippen molar-refractivity contribution in [3.8, 4) is 5.75 Å². The fourth-order valence-corrected chi connectivity index (χ4v) is 5.39. The molecule has 0 saturated carbocycles.